The van der Waals surface area contributed by atoms with Crippen LogP contribution in [0.3, 0.4) is 0 Å². The standard InChI is InChI=1S/C13H20.C12H16.C6H12.C4H8.C3H8.2C2H6/c1-5-7-12-9-8-10(3)11(4)13(12)6-2;1-4-6-11-7-5-8-12(9-11)10(2)3;1-2-4-6-5-3-1;1-4(2)3;1-3-2;2*1-2/h8-9H,5-7H2,1-4H3;5,7-9H,2,4,6H2,1,3H3;1-6H2;1H2,2-3H3;3H2,1-2H3;2*1-2H3. The summed E-state index contributed by atoms with van der Waals surface area (Å²) in [6.07, 6.45) is 16.3. The predicted molar refractivity (Wildman–Crippen MR) is 201 cm³/mol. The van der Waals surface area contributed by atoms with Crippen LogP contribution < -0.4 is 0 Å². The maximum atomic E-state index is 3.93. The molecule has 0 bridgehead atoms. The van der Waals surface area contributed by atoms with Crippen LogP contribution in [0.2, 0.25) is 0 Å². The fourth-order valence-corrected chi connectivity index (χ4v) is 4.27. The minimum Gasteiger partial charge on any atom is -0.100 e. The molecule has 0 heterocycles. The van der Waals surface area contributed by atoms with Gasteiger partial charge in [0.25, 0.3) is 0 Å². The molecule has 1 aliphatic carbocycles. The molecular weight excluding hydrogens is 504 g/mol. The Labute approximate surface area is 267 Å². The minimum absolute atomic E-state index is 1.15. The van der Waals surface area contributed by atoms with E-state index in [-0.39, 0.29) is 0 Å². The highest BCUT2D eigenvalue weighted by Gasteiger charge is 2.04. The Kier molecular flexibility index (Phi) is 39.2. The third-order valence-electron chi connectivity index (χ3n) is 6.30. The Balaban J connectivity index is -0.000000227. The smallest absolute Gasteiger partial charge is 0.0231 e. The molecule has 0 atom stereocenters. The van der Waals surface area contributed by atoms with Gasteiger partial charge in [-0.3, -0.25) is 0 Å². The first-order valence-electron chi connectivity index (χ1n) is 17.5. The van der Waals surface area contributed by atoms with Crippen LogP contribution >= 0.6 is 0 Å². The van der Waals surface area contributed by atoms with Crippen molar-refractivity contribution < 1.29 is 0 Å². The normalized spacial score (nSPS) is 10.8. The molecule has 1 fully saturated rings. The Bertz CT molecular complexity index is 848. The summed E-state index contributed by atoms with van der Waals surface area (Å²) in [4.78, 5) is 0. The number of rotatable bonds is 6. The molecule has 42 heavy (non-hydrogen) atoms. The van der Waals surface area contributed by atoms with Crippen molar-refractivity contribution in [3.8, 4) is 0 Å². The van der Waals surface area contributed by atoms with Gasteiger partial charge in [-0.1, -0.05) is 174 Å². The van der Waals surface area contributed by atoms with E-state index in [4.69, 9.17) is 0 Å². The molecule has 0 amide bonds. The van der Waals surface area contributed by atoms with Crippen LogP contribution in [0, 0.1) is 13.8 Å². The van der Waals surface area contributed by atoms with Gasteiger partial charge in [0.05, 0.1) is 0 Å². The second-order valence-electron chi connectivity index (χ2n) is 11.0. The van der Waals surface area contributed by atoms with Crippen LogP contribution in [-0.2, 0) is 19.3 Å². The molecule has 2 aromatic rings. The molecule has 0 heteroatoms. The van der Waals surface area contributed by atoms with Gasteiger partial charge < -0.3 is 0 Å². The highest BCUT2D eigenvalue weighted by molar-refractivity contribution is 5.61. The zero-order chi connectivity index (χ0) is 33.3. The third-order valence-corrected chi connectivity index (χ3v) is 6.30. The van der Waals surface area contributed by atoms with E-state index >= 15 is 0 Å². The monoisotopic (exact) mass is 581 g/mol. The first kappa shape index (κ1) is 46.9. The average molecular weight is 581 g/mol. The van der Waals surface area contributed by atoms with Gasteiger partial charge >= 0.3 is 0 Å². The summed E-state index contributed by atoms with van der Waals surface area (Å²) in [6.45, 7) is 36.9. The largest absolute Gasteiger partial charge is 0.100 e. The topological polar surface area (TPSA) is 0 Å². The van der Waals surface area contributed by atoms with E-state index in [9.17, 15) is 0 Å². The summed E-state index contributed by atoms with van der Waals surface area (Å²) >= 11 is 0. The van der Waals surface area contributed by atoms with Crippen LogP contribution in [0.25, 0.3) is 5.57 Å². The number of aryl methyl sites for hydroxylation is 3. The van der Waals surface area contributed by atoms with Gasteiger partial charge in [0, 0.05) is 0 Å². The highest BCUT2D eigenvalue weighted by Crippen LogP contribution is 2.20. The van der Waals surface area contributed by atoms with Gasteiger partial charge in [-0.15, -0.1) is 6.58 Å². The zero-order valence-corrected chi connectivity index (χ0v) is 31.4. The molecule has 1 aliphatic rings. The predicted octanol–water partition coefficient (Wildman–Crippen LogP) is 14.9. The second kappa shape index (κ2) is 35.1. The molecule has 3 rings (SSSR count). The molecule has 0 radical (unpaired) electrons. The van der Waals surface area contributed by atoms with Crippen LogP contribution in [-0.4, -0.2) is 0 Å². The molecule has 0 aliphatic heterocycles. The van der Waals surface area contributed by atoms with Crippen LogP contribution in [0.5, 0.6) is 0 Å². The lowest BCUT2D eigenvalue weighted by molar-refractivity contribution is 0.504. The van der Waals surface area contributed by atoms with Gasteiger partial charge in [-0.2, -0.15) is 0 Å². The number of allylic oxidation sites excluding steroid dienone is 2. The van der Waals surface area contributed by atoms with E-state index in [2.05, 4.69) is 98.0 Å². The van der Waals surface area contributed by atoms with Gasteiger partial charge in [-0.25, -0.2) is 0 Å². The Morgan fingerprint density at radius 3 is 1.45 bits per heavy atom. The quantitative estimate of drug-likeness (QED) is 0.298. The summed E-state index contributed by atoms with van der Waals surface area (Å²) in [6, 6.07) is 13.2. The summed E-state index contributed by atoms with van der Waals surface area (Å²) < 4.78 is 0. The average Bonchev–Trinajstić information content (AvgIpc) is 2.99. The van der Waals surface area contributed by atoms with Gasteiger partial charge in [-0.05, 0) is 87.3 Å². The molecule has 0 N–H and O–H groups in total. The summed E-state index contributed by atoms with van der Waals surface area (Å²) in [5.41, 5.74) is 11.0. The zero-order valence-electron chi connectivity index (χ0n) is 31.4. The van der Waals surface area contributed by atoms with Crippen LogP contribution in [0.15, 0.2) is 55.1 Å². The Morgan fingerprint density at radius 2 is 1.10 bits per heavy atom. The van der Waals surface area contributed by atoms with E-state index in [0.717, 1.165) is 5.57 Å². The first-order chi connectivity index (χ1) is 20.1. The van der Waals surface area contributed by atoms with Gasteiger partial charge in [0.15, 0.2) is 0 Å². The highest BCUT2D eigenvalue weighted by atomic mass is 14.1. The molecule has 1 saturated carbocycles. The second-order valence-corrected chi connectivity index (χ2v) is 11.0. The fourth-order valence-electron chi connectivity index (χ4n) is 4.27. The summed E-state index contributed by atoms with van der Waals surface area (Å²) in [7, 11) is 0. The molecule has 0 spiro atoms. The molecular formula is C42H76. The molecule has 244 valence electrons. The van der Waals surface area contributed by atoms with Crippen LogP contribution in [0.4, 0.5) is 0 Å². The summed E-state index contributed by atoms with van der Waals surface area (Å²) in [5.74, 6) is 0. The van der Waals surface area contributed by atoms with Crippen molar-refractivity contribution in [2.24, 2.45) is 0 Å². The first-order valence-corrected chi connectivity index (χ1v) is 17.5. The summed E-state index contributed by atoms with van der Waals surface area (Å²) in [5, 5.41) is 0. The maximum absolute atomic E-state index is 3.93. The SMILES string of the molecule is C1CCCCC1.C=C(C)C.C=C(C)c1cccc(CCC)c1.CC.CC.CCC.CCCc1ccc(C)c(C)c1CC. The van der Waals surface area contributed by atoms with Crippen molar-refractivity contribution in [2.75, 3.05) is 0 Å². The van der Waals surface area contributed by atoms with Crippen LogP contribution in [0.1, 0.15) is 174 Å². The molecule has 0 unspecified atom stereocenters. The number of hydrogen-bond acceptors (Lipinski definition) is 0. The lowest BCUT2D eigenvalue weighted by atomic mass is 9.93. The van der Waals surface area contributed by atoms with E-state index in [0.29, 0.717) is 0 Å². The van der Waals surface area contributed by atoms with E-state index in [1.165, 1.54) is 105 Å². The van der Waals surface area contributed by atoms with Crippen molar-refractivity contribution in [1.29, 1.82) is 0 Å². The molecule has 2 aromatic carbocycles. The van der Waals surface area contributed by atoms with Crippen molar-refractivity contribution in [3.63, 3.8) is 0 Å². The fraction of sp³-hybridized carbons (Fsp3) is 0.619. The molecule has 0 aromatic heterocycles. The number of hydrogen-bond donors (Lipinski definition) is 0. The number of benzene rings is 2. The van der Waals surface area contributed by atoms with Crippen molar-refractivity contribution in [1.82, 2.24) is 0 Å². The van der Waals surface area contributed by atoms with Crippen molar-refractivity contribution in [3.05, 3.63) is 88.5 Å². The third kappa shape index (κ3) is 28.1. The van der Waals surface area contributed by atoms with E-state index < -0.39 is 0 Å². The van der Waals surface area contributed by atoms with Crippen molar-refractivity contribution >= 4 is 5.57 Å². The lowest BCUT2D eigenvalue weighted by Crippen LogP contribution is -1.97. The lowest BCUT2D eigenvalue weighted by Gasteiger charge is -2.12. The Morgan fingerprint density at radius 1 is 0.667 bits per heavy atom. The Hall–Kier alpha value is -2.08. The van der Waals surface area contributed by atoms with Crippen molar-refractivity contribution in [2.45, 2.75) is 174 Å². The maximum Gasteiger partial charge on any atom is -0.0231 e. The molecule has 0 saturated heterocycles. The van der Waals surface area contributed by atoms with E-state index in [1.807, 2.05) is 48.5 Å². The van der Waals surface area contributed by atoms with Gasteiger partial charge in [0.2, 0.25) is 0 Å². The molecule has 0 nitrogen and oxygen atoms in total. The van der Waals surface area contributed by atoms with E-state index in [1.54, 1.807) is 11.1 Å². The van der Waals surface area contributed by atoms with Gasteiger partial charge in [0.1, 0.15) is 0 Å². The minimum atomic E-state index is 1.15.